The number of phenolic OH excluding ortho intramolecular Hbond substituents is 1. The van der Waals surface area contributed by atoms with Gasteiger partial charge in [-0.25, -0.2) is 0 Å². The van der Waals surface area contributed by atoms with Gasteiger partial charge in [0, 0.05) is 12.0 Å². The normalized spacial score (nSPS) is 36.0. The van der Waals surface area contributed by atoms with Crippen LogP contribution < -0.4 is 4.74 Å². The molecule has 5 aliphatic rings. The Morgan fingerprint density at radius 2 is 1.77 bits per heavy atom. The first-order chi connectivity index (χ1) is 19.1. The van der Waals surface area contributed by atoms with E-state index in [-0.39, 0.29) is 41.2 Å². The van der Waals surface area contributed by atoms with Crippen molar-refractivity contribution in [1.29, 1.82) is 0 Å². The van der Waals surface area contributed by atoms with E-state index in [1.165, 1.54) is 11.0 Å². The molecule has 0 bridgehead atoms. The number of hydrogen-bond donors (Lipinski definition) is 1. The smallest absolute Gasteiger partial charge is 0.254 e. The molecule has 4 amide bonds. The third-order valence-electron chi connectivity index (χ3n) is 9.61. The van der Waals surface area contributed by atoms with E-state index in [1.54, 1.807) is 19.1 Å². The van der Waals surface area contributed by atoms with Crippen molar-refractivity contribution in [2.75, 3.05) is 12.1 Å². The Kier molecular flexibility index (Phi) is 7.02. The number of halogens is 3. The Morgan fingerprint density at radius 1 is 1.05 bits per heavy atom. The van der Waals surface area contributed by atoms with Crippen LogP contribution in [0.25, 0.3) is 0 Å². The van der Waals surface area contributed by atoms with E-state index in [2.05, 4.69) is 15.9 Å². The van der Waals surface area contributed by atoms with Gasteiger partial charge in [-0.1, -0.05) is 52.9 Å². The second-order valence-electron chi connectivity index (χ2n) is 11.5. The molecular weight excluding hydrogens is 623 g/mol. The van der Waals surface area contributed by atoms with Crippen LogP contribution in [0.5, 0.6) is 11.5 Å². The lowest BCUT2D eigenvalue weighted by molar-refractivity contribution is -0.144. The van der Waals surface area contributed by atoms with E-state index in [0.717, 1.165) is 42.6 Å². The lowest BCUT2D eigenvalue weighted by atomic mass is 9.56. The van der Waals surface area contributed by atoms with Crippen molar-refractivity contribution in [3.05, 3.63) is 35.4 Å². The molecule has 4 fully saturated rings. The molecule has 1 aromatic carbocycles. The highest BCUT2D eigenvalue weighted by Gasteiger charge is 2.76. The van der Waals surface area contributed by atoms with Crippen LogP contribution in [0.4, 0.5) is 0 Å². The molecule has 0 aromatic heterocycles. The maximum atomic E-state index is 14.1. The van der Waals surface area contributed by atoms with Crippen LogP contribution in [0.2, 0.25) is 0 Å². The number of hydrogen-bond acceptors (Lipinski definition) is 6. The van der Waals surface area contributed by atoms with Gasteiger partial charge in [-0.3, -0.25) is 29.0 Å². The molecule has 6 rings (SSSR count). The lowest BCUT2D eigenvalue weighted by Gasteiger charge is -2.50. The summed E-state index contributed by atoms with van der Waals surface area (Å²) in [5.74, 6) is -4.15. The fourth-order valence-electron chi connectivity index (χ4n) is 7.83. The number of rotatable bonds is 5. The van der Waals surface area contributed by atoms with Crippen LogP contribution in [0.1, 0.15) is 63.4 Å². The van der Waals surface area contributed by atoms with Gasteiger partial charge in [0.05, 0.1) is 23.9 Å². The van der Waals surface area contributed by atoms with Crippen LogP contribution in [-0.2, 0) is 19.2 Å². The molecule has 0 unspecified atom stereocenters. The standard InChI is InChI=1S/C29H31BrCl2N2O6/c1-2-40-21-12-15(8-11-20(21)35)23-17-9-10-18-22(25(37)34(24(18)36)16-6-4-3-5-7-16)19(17)13-28(31)26(38)33(14-30)27(39)29(23,28)32/h8-9,11-12,16,18-19,22-23,35H,2-7,10,13-14H2,1H3/t18-,19+,22-,23-,28+,29-/m0/s1. The summed E-state index contributed by atoms with van der Waals surface area (Å²) < 4.78 is 5.62. The molecule has 2 saturated carbocycles. The zero-order valence-corrected chi connectivity index (χ0v) is 25.2. The number of likely N-dealkylation sites (tertiary alicyclic amines) is 2. The molecule has 2 saturated heterocycles. The number of carbonyl (C=O) groups is 4. The monoisotopic (exact) mass is 652 g/mol. The van der Waals surface area contributed by atoms with Gasteiger partial charge in [0.1, 0.15) is 0 Å². The summed E-state index contributed by atoms with van der Waals surface area (Å²) >= 11 is 17.8. The highest BCUT2D eigenvalue weighted by Crippen LogP contribution is 2.65. The highest BCUT2D eigenvalue weighted by atomic mass is 79.9. The number of nitrogens with zero attached hydrogens (tertiary/aromatic N) is 2. The molecular formula is C29H31BrCl2N2O6. The van der Waals surface area contributed by atoms with Crippen LogP contribution in [-0.4, -0.2) is 66.4 Å². The van der Waals surface area contributed by atoms with Gasteiger partial charge in [-0.2, -0.15) is 0 Å². The molecule has 8 nitrogen and oxygen atoms in total. The Balaban J connectivity index is 1.50. The number of alkyl halides is 3. The topological polar surface area (TPSA) is 104 Å². The van der Waals surface area contributed by atoms with Gasteiger partial charge in [-0.05, 0) is 56.2 Å². The summed E-state index contributed by atoms with van der Waals surface area (Å²) in [6.07, 6.45) is 6.88. The summed E-state index contributed by atoms with van der Waals surface area (Å²) in [6.45, 7) is 2.08. The van der Waals surface area contributed by atoms with Crippen LogP contribution >= 0.6 is 39.1 Å². The number of fused-ring (bicyclic) bond motifs is 4. The number of benzene rings is 1. The molecule has 0 radical (unpaired) electrons. The van der Waals surface area contributed by atoms with Gasteiger partial charge in [0.2, 0.25) is 11.8 Å². The van der Waals surface area contributed by atoms with Gasteiger partial charge in [-0.15, -0.1) is 23.2 Å². The fourth-order valence-corrected chi connectivity index (χ4v) is 9.26. The second kappa shape index (κ2) is 10.0. The first-order valence-corrected chi connectivity index (χ1v) is 15.8. The maximum Gasteiger partial charge on any atom is 0.254 e. The predicted octanol–water partition coefficient (Wildman–Crippen LogP) is 4.83. The minimum atomic E-state index is -1.89. The summed E-state index contributed by atoms with van der Waals surface area (Å²) in [7, 11) is 0. The molecule has 40 heavy (non-hydrogen) atoms. The molecule has 3 aliphatic carbocycles. The number of imide groups is 2. The summed E-state index contributed by atoms with van der Waals surface area (Å²) in [6, 6.07) is 4.61. The van der Waals surface area contributed by atoms with E-state index < -0.39 is 45.2 Å². The molecule has 0 spiro atoms. The quantitative estimate of drug-likeness (QED) is 0.211. The molecule has 2 aliphatic heterocycles. The first-order valence-electron chi connectivity index (χ1n) is 13.9. The van der Waals surface area contributed by atoms with Gasteiger partial charge < -0.3 is 9.84 Å². The predicted molar refractivity (Wildman–Crippen MR) is 151 cm³/mol. The SMILES string of the molecule is CCOc1cc([C@H]2C3=CC[C@@H]4C(=O)N(C5CCCCC5)C(=O)[C@@H]4[C@@H]3C[C@@]3(Cl)C(=O)N(CBr)C(=O)[C@@]23Cl)ccc1O. The Bertz CT molecular complexity index is 1330. The number of phenols is 1. The molecule has 214 valence electrons. The van der Waals surface area contributed by atoms with Crippen molar-refractivity contribution in [3.8, 4) is 11.5 Å². The average Bonchev–Trinajstić information content (AvgIpc) is 3.28. The van der Waals surface area contributed by atoms with Crippen molar-refractivity contribution in [2.45, 2.75) is 73.6 Å². The first kappa shape index (κ1) is 28.0. The van der Waals surface area contributed by atoms with E-state index >= 15 is 0 Å². The van der Waals surface area contributed by atoms with Crippen molar-refractivity contribution in [1.82, 2.24) is 9.80 Å². The van der Waals surface area contributed by atoms with Crippen molar-refractivity contribution in [2.24, 2.45) is 17.8 Å². The zero-order chi connectivity index (χ0) is 28.6. The Morgan fingerprint density at radius 3 is 2.45 bits per heavy atom. The fraction of sp³-hybridized carbons (Fsp3) is 0.586. The number of allylic oxidation sites excluding steroid dienone is 2. The number of amides is 4. The van der Waals surface area contributed by atoms with Crippen molar-refractivity contribution in [3.63, 3.8) is 0 Å². The van der Waals surface area contributed by atoms with Gasteiger partial charge in [0.25, 0.3) is 11.8 Å². The lowest BCUT2D eigenvalue weighted by Crippen LogP contribution is -2.60. The van der Waals surface area contributed by atoms with Gasteiger partial charge >= 0.3 is 0 Å². The summed E-state index contributed by atoms with van der Waals surface area (Å²) in [5, 5.41) is 10.4. The largest absolute Gasteiger partial charge is 0.504 e. The Labute approximate surface area is 251 Å². The highest BCUT2D eigenvalue weighted by molar-refractivity contribution is 9.09. The Hall–Kier alpha value is -2.10. The number of ether oxygens (including phenoxy) is 1. The minimum Gasteiger partial charge on any atom is -0.504 e. The van der Waals surface area contributed by atoms with Crippen molar-refractivity contribution >= 4 is 62.8 Å². The average molecular weight is 654 g/mol. The van der Waals surface area contributed by atoms with Crippen LogP contribution in [0.15, 0.2) is 29.8 Å². The minimum absolute atomic E-state index is 0.0381. The molecule has 2 heterocycles. The summed E-state index contributed by atoms with van der Waals surface area (Å²) in [5.41, 5.74) is 1.18. The van der Waals surface area contributed by atoms with Crippen LogP contribution in [0.3, 0.4) is 0 Å². The van der Waals surface area contributed by atoms with Crippen molar-refractivity contribution < 1.29 is 29.0 Å². The third kappa shape index (κ3) is 3.69. The maximum absolute atomic E-state index is 14.1. The summed E-state index contributed by atoms with van der Waals surface area (Å²) in [4.78, 5) is 54.1. The van der Waals surface area contributed by atoms with E-state index in [1.807, 2.05) is 6.08 Å². The van der Waals surface area contributed by atoms with Gasteiger partial charge in [0.15, 0.2) is 21.2 Å². The van der Waals surface area contributed by atoms with E-state index in [4.69, 9.17) is 27.9 Å². The van der Waals surface area contributed by atoms with E-state index in [0.29, 0.717) is 18.6 Å². The zero-order valence-electron chi connectivity index (χ0n) is 22.1. The molecule has 6 atom stereocenters. The number of aromatic hydroxyl groups is 1. The molecule has 11 heteroatoms. The second-order valence-corrected chi connectivity index (χ2v) is 13.2. The molecule has 1 N–H and O–H groups in total. The third-order valence-corrected chi connectivity index (χ3v) is 11.5. The molecule has 1 aromatic rings. The number of carbonyl (C=O) groups excluding carboxylic acids is 4. The van der Waals surface area contributed by atoms with Crippen LogP contribution in [0, 0.1) is 17.8 Å². The van der Waals surface area contributed by atoms with E-state index in [9.17, 15) is 24.3 Å².